The Bertz CT molecular complexity index is 279. The van der Waals surface area contributed by atoms with E-state index in [0.29, 0.717) is 6.29 Å². The summed E-state index contributed by atoms with van der Waals surface area (Å²) >= 11 is 16.4. The van der Waals surface area contributed by atoms with Gasteiger partial charge in [0.05, 0.1) is 0 Å². The van der Waals surface area contributed by atoms with Gasteiger partial charge in [-0.25, -0.2) is 9.97 Å². The third-order valence-electron chi connectivity index (χ3n) is 0.893. The number of aldehydes is 1. The highest BCUT2D eigenvalue weighted by atomic mass is 35.5. The number of nitrogens with zero attached hydrogens (tertiary/aromatic N) is 2. The molecule has 0 spiro atoms. The molecule has 0 aromatic carbocycles. The molecule has 3 nitrogen and oxygen atoms in total. The largest absolute Gasteiger partial charge is 0.294 e. The number of hydrogen-bond acceptors (Lipinski definition) is 3. The molecule has 1 aromatic rings. The van der Waals surface area contributed by atoms with Crippen LogP contribution in [0.25, 0.3) is 0 Å². The van der Waals surface area contributed by atoms with Crippen molar-refractivity contribution in [3.05, 3.63) is 21.2 Å². The molecule has 0 fully saturated rings. The summed E-state index contributed by atoms with van der Waals surface area (Å²) in [5, 5.41) is 0.0152. The van der Waals surface area contributed by atoms with E-state index in [1.807, 2.05) is 0 Å². The Hall–Kier alpha value is -0.380. The Morgan fingerprint density at radius 2 is 1.55 bits per heavy atom. The summed E-state index contributed by atoms with van der Waals surface area (Å²) in [4.78, 5) is 17.2. The van der Waals surface area contributed by atoms with Gasteiger partial charge < -0.3 is 0 Å². The first-order chi connectivity index (χ1) is 5.15. The molecule has 0 aliphatic heterocycles. The van der Waals surface area contributed by atoms with Gasteiger partial charge in [0, 0.05) is 0 Å². The molecule has 1 heterocycles. The van der Waals surface area contributed by atoms with E-state index >= 15 is 0 Å². The molecular formula is C5HCl3N2O. The van der Waals surface area contributed by atoms with Crippen molar-refractivity contribution in [2.75, 3.05) is 0 Å². The van der Waals surface area contributed by atoms with Crippen LogP contribution in [0.15, 0.2) is 0 Å². The van der Waals surface area contributed by atoms with Crippen LogP contribution < -0.4 is 0 Å². The number of halogens is 3. The first-order valence-corrected chi connectivity index (χ1v) is 3.62. The smallest absolute Gasteiger partial charge is 0.195 e. The Balaban J connectivity index is 3.31. The van der Waals surface area contributed by atoms with Crippen LogP contribution in [0.5, 0.6) is 0 Å². The fourth-order valence-electron chi connectivity index (χ4n) is 0.462. The normalized spacial score (nSPS) is 9.73. The van der Waals surface area contributed by atoms with E-state index in [4.69, 9.17) is 34.8 Å². The highest BCUT2D eigenvalue weighted by molar-refractivity contribution is 6.46. The highest BCUT2D eigenvalue weighted by Gasteiger charge is 2.07. The SMILES string of the molecule is O=Cc1nc(Cl)c(Cl)c(Cl)n1. The van der Waals surface area contributed by atoms with Gasteiger partial charge in [-0.05, 0) is 0 Å². The van der Waals surface area contributed by atoms with Crippen molar-refractivity contribution in [1.29, 1.82) is 0 Å². The molecule has 0 aliphatic carbocycles. The number of carbonyl (C=O) groups excluding carboxylic acids is 1. The Morgan fingerprint density at radius 1 is 1.09 bits per heavy atom. The predicted molar refractivity (Wildman–Crippen MR) is 42.4 cm³/mol. The minimum absolute atomic E-state index is 0.0197. The first-order valence-electron chi connectivity index (χ1n) is 2.49. The van der Waals surface area contributed by atoms with E-state index in [2.05, 4.69) is 9.97 Å². The summed E-state index contributed by atoms with van der Waals surface area (Å²) in [7, 11) is 0. The summed E-state index contributed by atoms with van der Waals surface area (Å²) in [6, 6.07) is 0. The molecule has 1 aromatic heterocycles. The molecule has 0 aliphatic rings. The van der Waals surface area contributed by atoms with Gasteiger partial charge >= 0.3 is 0 Å². The van der Waals surface area contributed by atoms with E-state index < -0.39 is 0 Å². The van der Waals surface area contributed by atoms with Crippen LogP contribution in [0, 0.1) is 0 Å². The third-order valence-corrected chi connectivity index (χ3v) is 1.99. The standard InChI is InChI=1S/C5HCl3N2O/c6-3-4(7)9-2(1-11)10-5(3)8/h1H. The van der Waals surface area contributed by atoms with Crippen molar-refractivity contribution in [2.24, 2.45) is 0 Å². The number of rotatable bonds is 1. The van der Waals surface area contributed by atoms with Crippen molar-refractivity contribution in [1.82, 2.24) is 9.97 Å². The Kier molecular flexibility index (Phi) is 2.65. The van der Waals surface area contributed by atoms with Gasteiger partial charge in [-0.15, -0.1) is 0 Å². The maximum absolute atomic E-state index is 10.1. The van der Waals surface area contributed by atoms with E-state index in [9.17, 15) is 4.79 Å². The summed E-state index contributed by atoms with van der Waals surface area (Å²) in [5.41, 5.74) is 0. The second-order valence-electron chi connectivity index (χ2n) is 1.60. The third kappa shape index (κ3) is 1.80. The van der Waals surface area contributed by atoms with Gasteiger partial charge in [-0.2, -0.15) is 0 Å². The molecule has 0 amide bonds. The molecular weight excluding hydrogens is 210 g/mol. The lowest BCUT2D eigenvalue weighted by atomic mass is 10.6. The van der Waals surface area contributed by atoms with Crippen LogP contribution in [0.2, 0.25) is 15.3 Å². The maximum atomic E-state index is 10.1. The molecule has 0 unspecified atom stereocenters. The number of hydrogen-bond donors (Lipinski definition) is 0. The molecule has 0 atom stereocenters. The average molecular weight is 211 g/mol. The summed E-state index contributed by atoms with van der Waals surface area (Å²) in [6.45, 7) is 0. The fraction of sp³-hybridized carbons (Fsp3) is 0. The minimum Gasteiger partial charge on any atom is -0.294 e. The van der Waals surface area contributed by atoms with Crippen molar-refractivity contribution >= 4 is 41.1 Å². The summed E-state index contributed by atoms with van der Waals surface area (Å²) < 4.78 is 0. The van der Waals surface area contributed by atoms with Crippen LogP contribution >= 0.6 is 34.8 Å². The van der Waals surface area contributed by atoms with Crippen LogP contribution in [-0.2, 0) is 0 Å². The van der Waals surface area contributed by atoms with E-state index in [1.54, 1.807) is 0 Å². The van der Waals surface area contributed by atoms with E-state index in [1.165, 1.54) is 0 Å². The van der Waals surface area contributed by atoms with Gasteiger partial charge in [0.15, 0.2) is 22.4 Å². The number of aromatic nitrogens is 2. The second kappa shape index (κ2) is 3.34. The van der Waals surface area contributed by atoms with Gasteiger partial charge in [0.1, 0.15) is 5.02 Å². The van der Waals surface area contributed by atoms with Crippen molar-refractivity contribution < 1.29 is 4.79 Å². The second-order valence-corrected chi connectivity index (χ2v) is 2.69. The van der Waals surface area contributed by atoms with Crippen molar-refractivity contribution in [2.45, 2.75) is 0 Å². The van der Waals surface area contributed by atoms with Crippen LogP contribution in [0.4, 0.5) is 0 Å². The van der Waals surface area contributed by atoms with E-state index in [0.717, 1.165) is 0 Å². The van der Waals surface area contributed by atoms with Gasteiger partial charge in [0.25, 0.3) is 0 Å². The van der Waals surface area contributed by atoms with Crippen LogP contribution in [-0.4, -0.2) is 16.3 Å². The molecule has 11 heavy (non-hydrogen) atoms. The van der Waals surface area contributed by atoms with Crippen molar-refractivity contribution in [3.63, 3.8) is 0 Å². The van der Waals surface area contributed by atoms with Crippen molar-refractivity contribution in [3.8, 4) is 0 Å². The lowest BCUT2D eigenvalue weighted by Gasteiger charge is -1.96. The molecule has 0 N–H and O–H groups in total. The zero-order valence-corrected chi connectivity index (χ0v) is 7.28. The molecule has 0 saturated heterocycles. The lowest BCUT2D eigenvalue weighted by Crippen LogP contribution is -1.93. The zero-order valence-electron chi connectivity index (χ0n) is 5.01. The maximum Gasteiger partial charge on any atom is 0.195 e. The molecule has 58 valence electrons. The summed E-state index contributed by atoms with van der Waals surface area (Å²) in [5.74, 6) is -0.0793. The Labute approximate surface area is 77.3 Å². The van der Waals surface area contributed by atoms with Crippen LogP contribution in [0.3, 0.4) is 0 Å². The van der Waals surface area contributed by atoms with Crippen LogP contribution in [0.1, 0.15) is 10.6 Å². The molecule has 6 heteroatoms. The first kappa shape index (κ1) is 8.71. The monoisotopic (exact) mass is 210 g/mol. The van der Waals surface area contributed by atoms with E-state index in [-0.39, 0.29) is 21.2 Å². The Morgan fingerprint density at radius 3 is 1.91 bits per heavy atom. The van der Waals surface area contributed by atoms with Gasteiger partial charge in [-0.3, -0.25) is 4.79 Å². The van der Waals surface area contributed by atoms with Gasteiger partial charge in [-0.1, -0.05) is 34.8 Å². The molecule has 0 radical (unpaired) electrons. The minimum atomic E-state index is -0.0793. The lowest BCUT2D eigenvalue weighted by molar-refractivity contribution is 0.111. The summed E-state index contributed by atoms with van der Waals surface area (Å²) in [6.07, 6.45) is 0.439. The topological polar surface area (TPSA) is 42.9 Å². The highest BCUT2D eigenvalue weighted by Crippen LogP contribution is 2.25. The quantitative estimate of drug-likeness (QED) is 0.528. The predicted octanol–water partition coefficient (Wildman–Crippen LogP) is 2.25. The number of carbonyl (C=O) groups is 1. The molecule has 0 bridgehead atoms. The fourth-order valence-corrected chi connectivity index (χ4v) is 0.947. The average Bonchev–Trinajstić information content (AvgIpc) is 1.99. The van der Waals surface area contributed by atoms with Gasteiger partial charge in [0.2, 0.25) is 0 Å². The molecule has 0 saturated carbocycles. The molecule has 1 rings (SSSR count). The zero-order chi connectivity index (χ0) is 8.43.